The van der Waals surface area contributed by atoms with Gasteiger partial charge in [-0.2, -0.15) is 0 Å². The topological polar surface area (TPSA) is 85.0 Å². The van der Waals surface area contributed by atoms with E-state index in [0.29, 0.717) is 18.7 Å². The van der Waals surface area contributed by atoms with E-state index in [0.717, 1.165) is 4.91 Å². The lowest BCUT2D eigenvalue weighted by Gasteiger charge is -2.40. The average molecular weight is 433 g/mol. The normalized spacial score (nSPS) is 20.7. The SMILES string of the molecule is CC(C)COC(=O)C1=C(CN)SC(C)N1C(O)C[C@@H](C)O[Si](C)(C)C(C)(C)C. The van der Waals surface area contributed by atoms with Gasteiger partial charge in [-0.3, -0.25) is 0 Å². The largest absolute Gasteiger partial charge is 0.461 e. The fourth-order valence-corrected chi connectivity index (χ4v) is 5.47. The second-order valence-electron chi connectivity index (χ2n) is 9.50. The second-order valence-corrected chi connectivity index (χ2v) is 15.7. The van der Waals surface area contributed by atoms with Gasteiger partial charge in [0.1, 0.15) is 11.9 Å². The molecule has 0 aromatic heterocycles. The molecule has 2 unspecified atom stereocenters. The van der Waals surface area contributed by atoms with Crippen LogP contribution in [0.15, 0.2) is 10.6 Å². The van der Waals surface area contributed by atoms with Crippen LogP contribution in [-0.4, -0.2) is 55.2 Å². The van der Waals surface area contributed by atoms with E-state index in [2.05, 4.69) is 33.9 Å². The molecule has 0 bridgehead atoms. The van der Waals surface area contributed by atoms with Gasteiger partial charge in [0.15, 0.2) is 8.32 Å². The van der Waals surface area contributed by atoms with E-state index >= 15 is 0 Å². The van der Waals surface area contributed by atoms with Gasteiger partial charge in [0, 0.05) is 24.0 Å². The average Bonchev–Trinajstić information content (AvgIpc) is 2.87. The van der Waals surface area contributed by atoms with E-state index in [1.165, 1.54) is 11.8 Å². The van der Waals surface area contributed by atoms with Crippen molar-refractivity contribution in [1.29, 1.82) is 0 Å². The van der Waals surface area contributed by atoms with Crippen LogP contribution in [0.1, 0.15) is 54.9 Å². The Balaban J connectivity index is 2.92. The smallest absolute Gasteiger partial charge is 0.355 e. The Bertz CT molecular complexity index is 575. The van der Waals surface area contributed by atoms with Crippen LogP contribution >= 0.6 is 11.8 Å². The van der Waals surface area contributed by atoms with Crippen LogP contribution < -0.4 is 5.73 Å². The zero-order valence-corrected chi connectivity index (χ0v) is 20.9. The van der Waals surface area contributed by atoms with Crippen molar-refractivity contribution in [3.8, 4) is 0 Å². The maximum Gasteiger partial charge on any atom is 0.355 e. The van der Waals surface area contributed by atoms with Gasteiger partial charge >= 0.3 is 5.97 Å². The zero-order valence-electron chi connectivity index (χ0n) is 19.0. The molecule has 0 amide bonds. The summed E-state index contributed by atoms with van der Waals surface area (Å²) in [7, 11) is -1.93. The quantitative estimate of drug-likeness (QED) is 0.422. The molecule has 0 aliphatic carbocycles. The van der Waals surface area contributed by atoms with E-state index in [1.54, 1.807) is 4.90 Å². The number of carbonyl (C=O) groups is 1. The minimum Gasteiger partial charge on any atom is -0.461 e. The van der Waals surface area contributed by atoms with Crippen molar-refractivity contribution < 1.29 is 19.1 Å². The Hall–Kier alpha value is -0.543. The van der Waals surface area contributed by atoms with E-state index < -0.39 is 20.5 Å². The van der Waals surface area contributed by atoms with Crippen LogP contribution in [0.2, 0.25) is 18.1 Å². The summed E-state index contributed by atoms with van der Waals surface area (Å²) >= 11 is 1.50. The summed E-state index contributed by atoms with van der Waals surface area (Å²) in [5.74, 6) is -0.170. The maximum absolute atomic E-state index is 12.7. The van der Waals surface area contributed by atoms with E-state index in [-0.39, 0.29) is 29.0 Å². The van der Waals surface area contributed by atoms with Gasteiger partial charge in [-0.15, -0.1) is 11.8 Å². The van der Waals surface area contributed by atoms with Crippen LogP contribution in [0, 0.1) is 5.92 Å². The summed E-state index contributed by atoms with van der Waals surface area (Å²) in [6.07, 6.45) is -0.549. The molecule has 1 aliphatic rings. The monoisotopic (exact) mass is 432 g/mol. The highest BCUT2D eigenvalue weighted by atomic mass is 32.2. The van der Waals surface area contributed by atoms with Crippen molar-refractivity contribution >= 4 is 26.0 Å². The first-order chi connectivity index (χ1) is 12.7. The van der Waals surface area contributed by atoms with Crippen molar-refractivity contribution in [2.24, 2.45) is 11.7 Å². The van der Waals surface area contributed by atoms with Gasteiger partial charge < -0.3 is 24.9 Å². The van der Waals surface area contributed by atoms with E-state index in [4.69, 9.17) is 14.9 Å². The fourth-order valence-electron chi connectivity index (χ4n) is 2.85. The number of aliphatic hydroxyl groups excluding tert-OH is 1. The van der Waals surface area contributed by atoms with Crippen LogP contribution in [-0.2, 0) is 14.0 Å². The summed E-state index contributed by atoms with van der Waals surface area (Å²) in [4.78, 5) is 15.2. The van der Waals surface area contributed by atoms with Gasteiger partial charge in [-0.1, -0.05) is 34.6 Å². The highest BCUT2D eigenvalue weighted by molar-refractivity contribution is 8.03. The Labute approximate surface area is 176 Å². The van der Waals surface area contributed by atoms with Crippen LogP contribution in [0.25, 0.3) is 0 Å². The molecule has 0 saturated heterocycles. The highest BCUT2D eigenvalue weighted by Crippen LogP contribution is 2.41. The number of nitrogens with two attached hydrogens (primary N) is 1. The summed E-state index contributed by atoms with van der Waals surface area (Å²) in [5, 5.41) is 11.0. The third-order valence-corrected chi connectivity index (χ3v) is 11.1. The molecule has 3 N–H and O–H groups in total. The number of rotatable bonds is 9. The first-order valence-electron chi connectivity index (χ1n) is 10.1. The number of nitrogens with zero attached hydrogens (tertiary/aromatic N) is 1. The van der Waals surface area contributed by atoms with Gasteiger partial charge in [0.2, 0.25) is 0 Å². The first kappa shape index (κ1) is 25.5. The summed E-state index contributed by atoms with van der Waals surface area (Å²) < 4.78 is 11.8. The lowest BCUT2D eigenvalue weighted by atomic mass is 10.2. The predicted octanol–water partition coefficient (Wildman–Crippen LogP) is 3.87. The minimum absolute atomic E-state index is 0.0878. The molecule has 164 valence electrons. The molecular formula is C20H40N2O4SSi. The molecule has 0 aromatic rings. The lowest BCUT2D eigenvalue weighted by molar-refractivity contribution is -0.144. The zero-order chi connectivity index (χ0) is 21.9. The molecule has 28 heavy (non-hydrogen) atoms. The first-order valence-corrected chi connectivity index (χ1v) is 13.9. The highest BCUT2D eigenvalue weighted by Gasteiger charge is 2.41. The lowest BCUT2D eigenvalue weighted by Crippen LogP contribution is -2.46. The van der Waals surface area contributed by atoms with Crippen LogP contribution in [0.5, 0.6) is 0 Å². The molecule has 1 rings (SSSR count). The van der Waals surface area contributed by atoms with Gasteiger partial charge in [-0.25, -0.2) is 4.79 Å². The second kappa shape index (κ2) is 9.98. The number of ether oxygens (including phenoxy) is 1. The predicted molar refractivity (Wildman–Crippen MR) is 119 cm³/mol. The number of hydrogen-bond acceptors (Lipinski definition) is 7. The third kappa shape index (κ3) is 6.48. The van der Waals surface area contributed by atoms with Gasteiger partial charge in [0.05, 0.1) is 12.0 Å². The van der Waals surface area contributed by atoms with Gasteiger partial charge in [-0.05, 0) is 37.9 Å². The van der Waals surface area contributed by atoms with Crippen molar-refractivity contribution in [2.75, 3.05) is 13.2 Å². The number of esters is 1. The molecule has 0 radical (unpaired) electrons. The third-order valence-electron chi connectivity index (χ3n) is 5.32. The fraction of sp³-hybridized carbons (Fsp3) is 0.850. The number of aliphatic hydroxyl groups is 1. The standard InChI is InChI=1S/C20H40N2O4SSi/c1-13(2)12-25-19(24)18-16(11-21)27-15(4)22(18)17(23)10-14(3)26-28(8,9)20(5,6)7/h13-15,17,23H,10-12,21H2,1-9H3/t14-,15?,17?/m1/s1. The molecule has 6 nitrogen and oxygen atoms in total. The molecule has 0 aromatic carbocycles. The van der Waals surface area contributed by atoms with Crippen molar-refractivity contribution in [1.82, 2.24) is 4.90 Å². The van der Waals surface area contributed by atoms with Crippen LogP contribution in [0.3, 0.4) is 0 Å². The molecular weight excluding hydrogens is 392 g/mol. The molecule has 0 fully saturated rings. The summed E-state index contributed by atoms with van der Waals surface area (Å²) in [5.41, 5.74) is 6.26. The minimum atomic E-state index is -1.93. The molecule has 0 saturated carbocycles. The molecule has 3 atom stereocenters. The van der Waals surface area contributed by atoms with Crippen molar-refractivity contribution in [2.45, 2.75) is 90.7 Å². The number of hydrogen-bond donors (Lipinski definition) is 2. The number of carbonyl (C=O) groups excluding carboxylic acids is 1. The summed E-state index contributed by atoms with van der Waals surface area (Å²) in [6.45, 7) is 19.5. The maximum atomic E-state index is 12.7. The Morgan fingerprint density at radius 3 is 2.36 bits per heavy atom. The van der Waals surface area contributed by atoms with Gasteiger partial charge in [0.25, 0.3) is 0 Å². The van der Waals surface area contributed by atoms with Crippen LogP contribution in [0.4, 0.5) is 0 Å². The number of thioether (sulfide) groups is 1. The summed E-state index contributed by atoms with van der Waals surface area (Å²) in [6, 6.07) is 0. The van der Waals surface area contributed by atoms with Crippen molar-refractivity contribution in [3.05, 3.63) is 10.6 Å². The molecule has 1 aliphatic heterocycles. The molecule has 8 heteroatoms. The molecule has 0 spiro atoms. The van der Waals surface area contributed by atoms with Crippen molar-refractivity contribution in [3.63, 3.8) is 0 Å². The molecule has 1 heterocycles. The van der Waals surface area contributed by atoms with E-state index in [9.17, 15) is 9.90 Å². The Morgan fingerprint density at radius 2 is 1.89 bits per heavy atom. The Morgan fingerprint density at radius 1 is 1.32 bits per heavy atom. The van der Waals surface area contributed by atoms with E-state index in [1.807, 2.05) is 27.7 Å². The Kier molecular flexibility index (Phi) is 9.08.